The van der Waals surface area contributed by atoms with Gasteiger partial charge in [0.15, 0.2) is 0 Å². The SMILES string of the molecule is C=C1C(=C)C2C=CC1C2O. The molecule has 2 aliphatic carbocycles. The Morgan fingerprint density at radius 2 is 1.50 bits per heavy atom. The topological polar surface area (TPSA) is 20.2 Å². The molecule has 0 radical (unpaired) electrons. The maximum Gasteiger partial charge on any atom is 0.0746 e. The zero-order valence-electron chi connectivity index (χ0n) is 5.75. The van der Waals surface area contributed by atoms with Gasteiger partial charge in [-0.2, -0.15) is 0 Å². The van der Waals surface area contributed by atoms with Crippen LogP contribution < -0.4 is 0 Å². The van der Waals surface area contributed by atoms with Crippen molar-refractivity contribution in [2.45, 2.75) is 6.10 Å². The Balaban J connectivity index is 2.47. The van der Waals surface area contributed by atoms with Crippen LogP contribution in [0.2, 0.25) is 0 Å². The van der Waals surface area contributed by atoms with Crippen molar-refractivity contribution in [2.24, 2.45) is 11.8 Å². The van der Waals surface area contributed by atoms with Crippen molar-refractivity contribution in [2.75, 3.05) is 0 Å². The predicted octanol–water partition coefficient (Wildman–Crippen LogP) is 1.28. The van der Waals surface area contributed by atoms with Crippen LogP contribution in [0.15, 0.2) is 36.5 Å². The molecule has 0 spiro atoms. The first kappa shape index (κ1) is 5.93. The Hall–Kier alpha value is -0.820. The summed E-state index contributed by atoms with van der Waals surface area (Å²) in [7, 11) is 0. The maximum atomic E-state index is 9.49. The van der Waals surface area contributed by atoms with Gasteiger partial charge in [0.1, 0.15) is 0 Å². The normalized spacial score (nSPS) is 43.5. The predicted molar refractivity (Wildman–Crippen MR) is 40.4 cm³/mol. The first-order valence-electron chi connectivity index (χ1n) is 3.46. The quantitative estimate of drug-likeness (QED) is 0.495. The molecule has 0 aromatic heterocycles. The maximum absolute atomic E-state index is 9.49. The first-order valence-corrected chi connectivity index (χ1v) is 3.46. The van der Waals surface area contributed by atoms with Gasteiger partial charge in [-0.05, 0) is 11.1 Å². The summed E-state index contributed by atoms with van der Waals surface area (Å²) in [6, 6.07) is 0. The van der Waals surface area contributed by atoms with Crippen LogP contribution in [0.4, 0.5) is 0 Å². The third-order valence-corrected chi connectivity index (χ3v) is 2.48. The highest BCUT2D eigenvalue weighted by molar-refractivity contribution is 5.47. The molecule has 2 atom stereocenters. The molecule has 10 heavy (non-hydrogen) atoms. The summed E-state index contributed by atoms with van der Waals surface area (Å²) >= 11 is 0. The molecule has 1 nitrogen and oxygen atoms in total. The van der Waals surface area contributed by atoms with Gasteiger partial charge in [0.25, 0.3) is 0 Å². The molecule has 1 heteroatoms. The van der Waals surface area contributed by atoms with Gasteiger partial charge in [-0.25, -0.2) is 0 Å². The second-order valence-electron chi connectivity index (χ2n) is 2.98. The molecule has 0 heterocycles. The second kappa shape index (κ2) is 1.61. The van der Waals surface area contributed by atoms with Crippen LogP contribution in [-0.2, 0) is 0 Å². The highest BCUT2D eigenvalue weighted by Gasteiger charge is 2.41. The van der Waals surface area contributed by atoms with E-state index < -0.39 is 0 Å². The molecule has 0 aliphatic heterocycles. The zero-order chi connectivity index (χ0) is 7.30. The van der Waals surface area contributed by atoms with Crippen LogP contribution in [0, 0.1) is 11.8 Å². The van der Waals surface area contributed by atoms with Crippen LogP contribution in [0.1, 0.15) is 0 Å². The Labute approximate surface area is 60.4 Å². The minimum atomic E-state index is -0.264. The molecule has 1 N–H and O–H groups in total. The number of rotatable bonds is 0. The van der Waals surface area contributed by atoms with E-state index in [1.54, 1.807) is 0 Å². The molecule has 0 aromatic carbocycles. The number of fused-ring (bicyclic) bond motifs is 2. The van der Waals surface area contributed by atoms with E-state index in [-0.39, 0.29) is 17.9 Å². The number of aliphatic hydroxyl groups is 1. The van der Waals surface area contributed by atoms with E-state index in [9.17, 15) is 5.11 Å². The second-order valence-corrected chi connectivity index (χ2v) is 2.98. The lowest BCUT2D eigenvalue weighted by molar-refractivity contribution is 0.147. The lowest BCUT2D eigenvalue weighted by Crippen LogP contribution is -2.12. The van der Waals surface area contributed by atoms with Crippen molar-refractivity contribution in [1.29, 1.82) is 0 Å². The number of hydrogen-bond acceptors (Lipinski definition) is 1. The van der Waals surface area contributed by atoms with E-state index in [0.29, 0.717) is 0 Å². The largest absolute Gasteiger partial charge is 0.391 e. The van der Waals surface area contributed by atoms with E-state index in [1.165, 1.54) is 0 Å². The lowest BCUT2D eigenvalue weighted by Gasteiger charge is -2.06. The van der Waals surface area contributed by atoms with Gasteiger partial charge in [-0.15, -0.1) is 0 Å². The summed E-state index contributed by atoms with van der Waals surface area (Å²) in [4.78, 5) is 0. The summed E-state index contributed by atoms with van der Waals surface area (Å²) in [6.07, 6.45) is 3.78. The molecule has 2 aliphatic rings. The third-order valence-electron chi connectivity index (χ3n) is 2.48. The summed E-state index contributed by atoms with van der Waals surface area (Å²) in [6.45, 7) is 7.72. The van der Waals surface area contributed by atoms with Crippen LogP contribution in [0.3, 0.4) is 0 Å². The molecule has 0 aromatic rings. The fraction of sp³-hybridized carbons (Fsp3) is 0.333. The minimum absolute atomic E-state index is 0.164. The van der Waals surface area contributed by atoms with Crippen molar-refractivity contribution >= 4 is 0 Å². The summed E-state index contributed by atoms with van der Waals surface area (Å²) < 4.78 is 0. The van der Waals surface area contributed by atoms with Gasteiger partial charge in [-0.1, -0.05) is 25.3 Å². The summed E-state index contributed by atoms with van der Waals surface area (Å²) in [5, 5.41) is 9.49. The van der Waals surface area contributed by atoms with Crippen LogP contribution in [0.5, 0.6) is 0 Å². The standard InChI is InChI=1S/C9H10O/c1-5-6(2)8-4-3-7(5)9(8)10/h3-4,7-10H,1-2H2. The Morgan fingerprint density at radius 3 is 1.70 bits per heavy atom. The summed E-state index contributed by atoms with van der Waals surface area (Å²) in [5.41, 5.74) is 2.03. The van der Waals surface area contributed by atoms with Gasteiger partial charge in [0.2, 0.25) is 0 Å². The third kappa shape index (κ3) is 0.469. The van der Waals surface area contributed by atoms with Crippen LogP contribution >= 0.6 is 0 Å². The molecular weight excluding hydrogens is 124 g/mol. The molecule has 1 fully saturated rings. The molecule has 2 bridgehead atoms. The molecule has 2 unspecified atom stereocenters. The van der Waals surface area contributed by atoms with Gasteiger partial charge in [-0.3, -0.25) is 0 Å². The Morgan fingerprint density at radius 1 is 1.10 bits per heavy atom. The average Bonchev–Trinajstić information content (AvgIpc) is 2.34. The van der Waals surface area contributed by atoms with E-state index in [4.69, 9.17) is 0 Å². The van der Waals surface area contributed by atoms with E-state index in [1.807, 2.05) is 12.2 Å². The van der Waals surface area contributed by atoms with Crippen molar-refractivity contribution < 1.29 is 5.11 Å². The number of aliphatic hydroxyl groups excluding tert-OH is 1. The van der Waals surface area contributed by atoms with Crippen molar-refractivity contribution in [3.05, 3.63) is 36.5 Å². The highest BCUT2D eigenvalue weighted by atomic mass is 16.3. The Kier molecular flexibility index (Phi) is 0.955. The molecule has 1 saturated carbocycles. The van der Waals surface area contributed by atoms with Crippen LogP contribution in [-0.4, -0.2) is 11.2 Å². The van der Waals surface area contributed by atoms with E-state index in [2.05, 4.69) is 13.2 Å². The van der Waals surface area contributed by atoms with Crippen molar-refractivity contribution in [3.63, 3.8) is 0 Å². The minimum Gasteiger partial charge on any atom is -0.391 e. The van der Waals surface area contributed by atoms with Gasteiger partial charge in [0, 0.05) is 11.8 Å². The highest BCUT2D eigenvalue weighted by Crippen LogP contribution is 2.45. The van der Waals surface area contributed by atoms with Gasteiger partial charge < -0.3 is 5.11 Å². The summed E-state index contributed by atoms with van der Waals surface area (Å²) in [5.74, 6) is 0.329. The van der Waals surface area contributed by atoms with E-state index in [0.717, 1.165) is 11.1 Å². The average molecular weight is 134 g/mol. The van der Waals surface area contributed by atoms with Crippen molar-refractivity contribution in [3.8, 4) is 0 Å². The molecular formula is C9H10O. The monoisotopic (exact) mass is 134 g/mol. The Bertz CT molecular complexity index is 213. The zero-order valence-corrected chi connectivity index (χ0v) is 5.75. The fourth-order valence-corrected chi connectivity index (χ4v) is 1.76. The fourth-order valence-electron chi connectivity index (χ4n) is 1.76. The molecule has 2 rings (SSSR count). The number of hydrogen-bond donors (Lipinski definition) is 1. The molecule has 0 saturated heterocycles. The smallest absolute Gasteiger partial charge is 0.0746 e. The first-order chi connectivity index (χ1) is 4.72. The van der Waals surface area contributed by atoms with Gasteiger partial charge in [0.05, 0.1) is 6.10 Å². The molecule has 52 valence electrons. The van der Waals surface area contributed by atoms with E-state index >= 15 is 0 Å². The molecule has 0 amide bonds. The van der Waals surface area contributed by atoms with Gasteiger partial charge >= 0.3 is 0 Å². The van der Waals surface area contributed by atoms with Crippen molar-refractivity contribution in [1.82, 2.24) is 0 Å². The lowest BCUT2D eigenvalue weighted by atomic mass is 9.98. The van der Waals surface area contributed by atoms with Crippen LogP contribution in [0.25, 0.3) is 0 Å².